The Morgan fingerprint density at radius 1 is 1.58 bits per heavy atom. The molecule has 0 atom stereocenters. The van der Waals surface area contributed by atoms with E-state index in [4.69, 9.17) is 5.73 Å². The fraction of sp³-hybridized carbons (Fsp3) is 0.143. The third-order valence-electron chi connectivity index (χ3n) is 1.49. The van der Waals surface area contributed by atoms with Crippen LogP contribution < -0.4 is 5.73 Å². The Hall–Kier alpha value is -1.78. The van der Waals surface area contributed by atoms with Crippen LogP contribution in [0.25, 0.3) is 0 Å². The lowest BCUT2D eigenvalue weighted by atomic mass is 10.4. The quantitative estimate of drug-likeness (QED) is 0.701. The molecule has 2 rings (SSSR count). The summed E-state index contributed by atoms with van der Waals surface area (Å²) >= 11 is 0. The van der Waals surface area contributed by atoms with Gasteiger partial charge in [0, 0.05) is 11.8 Å². The second-order valence-electron chi connectivity index (χ2n) is 2.47. The standard InChI is InChI=1S/C7H8N4O/c8-7-1-2-11(10-7)4-6-3-9-12-5-6/h1-3,5H,4H2,(H2,8,10). The van der Waals surface area contributed by atoms with Gasteiger partial charge in [0.2, 0.25) is 0 Å². The number of nitrogens with zero attached hydrogens (tertiary/aromatic N) is 3. The van der Waals surface area contributed by atoms with Crippen molar-refractivity contribution in [1.29, 1.82) is 0 Å². The second-order valence-corrected chi connectivity index (χ2v) is 2.47. The van der Waals surface area contributed by atoms with Crippen molar-refractivity contribution in [3.8, 4) is 0 Å². The highest BCUT2D eigenvalue weighted by atomic mass is 16.5. The van der Waals surface area contributed by atoms with Gasteiger partial charge in [-0.3, -0.25) is 4.68 Å². The smallest absolute Gasteiger partial charge is 0.145 e. The maximum atomic E-state index is 5.44. The van der Waals surface area contributed by atoms with Crippen LogP contribution in [0.2, 0.25) is 0 Å². The number of nitrogen functional groups attached to an aromatic ring is 1. The molecule has 0 aliphatic carbocycles. The van der Waals surface area contributed by atoms with Gasteiger partial charge in [-0.15, -0.1) is 0 Å². The highest BCUT2D eigenvalue weighted by molar-refractivity contribution is 5.24. The predicted molar refractivity (Wildman–Crippen MR) is 42.2 cm³/mol. The Kier molecular flexibility index (Phi) is 1.55. The zero-order valence-corrected chi connectivity index (χ0v) is 6.34. The molecule has 0 radical (unpaired) electrons. The first-order chi connectivity index (χ1) is 5.84. The van der Waals surface area contributed by atoms with Gasteiger partial charge in [-0.25, -0.2) is 0 Å². The Balaban J connectivity index is 2.14. The molecule has 0 fully saturated rings. The molecule has 0 spiro atoms. The highest BCUT2D eigenvalue weighted by Crippen LogP contribution is 2.02. The summed E-state index contributed by atoms with van der Waals surface area (Å²) in [5, 5.41) is 7.59. The van der Waals surface area contributed by atoms with Crippen molar-refractivity contribution >= 4 is 5.82 Å². The first-order valence-electron chi connectivity index (χ1n) is 3.52. The van der Waals surface area contributed by atoms with Crippen molar-refractivity contribution in [1.82, 2.24) is 14.9 Å². The minimum atomic E-state index is 0.520. The van der Waals surface area contributed by atoms with Gasteiger partial charge >= 0.3 is 0 Å². The molecule has 0 aromatic carbocycles. The van der Waals surface area contributed by atoms with Crippen molar-refractivity contribution in [2.45, 2.75) is 6.54 Å². The number of nitrogens with two attached hydrogens (primary N) is 1. The minimum absolute atomic E-state index is 0.520. The van der Waals surface area contributed by atoms with Crippen LogP contribution in [0, 0.1) is 0 Å². The molecular weight excluding hydrogens is 156 g/mol. The molecule has 5 nitrogen and oxygen atoms in total. The monoisotopic (exact) mass is 164 g/mol. The van der Waals surface area contributed by atoms with Crippen molar-refractivity contribution in [2.24, 2.45) is 0 Å². The molecule has 12 heavy (non-hydrogen) atoms. The summed E-state index contributed by atoms with van der Waals surface area (Å²) in [6.45, 7) is 0.640. The Morgan fingerprint density at radius 3 is 3.08 bits per heavy atom. The lowest BCUT2D eigenvalue weighted by molar-refractivity contribution is 0.418. The molecule has 0 saturated carbocycles. The van der Waals surface area contributed by atoms with Gasteiger partial charge in [0.1, 0.15) is 12.1 Å². The van der Waals surface area contributed by atoms with E-state index in [1.807, 2.05) is 6.20 Å². The summed E-state index contributed by atoms with van der Waals surface area (Å²) in [5.74, 6) is 0.520. The van der Waals surface area contributed by atoms with Crippen LogP contribution in [0.3, 0.4) is 0 Å². The van der Waals surface area contributed by atoms with E-state index in [1.165, 1.54) is 0 Å². The van der Waals surface area contributed by atoms with Crippen LogP contribution in [-0.2, 0) is 6.54 Å². The van der Waals surface area contributed by atoms with Gasteiger partial charge in [-0.05, 0) is 6.07 Å². The summed E-state index contributed by atoms with van der Waals surface area (Å²) in [6.07, 6.45) is 5.04. The topological polar surface area (TPSA) is 69.9 Å². The van der Waals surface area contributed by atoms with Crippen molar-refractivity contribution in [3.05, 3.63) is 30.3 Å². The SMILES string of the molecule is Nc1ccn(Cc2cnoc2)n1. The number of aromatic nitrogens is 3. The first-order valence-corrected chi connectivity index (χ1v) is 3.52. The third kappa shape index (κ3) is 1.29. The Bertz CT molecular complexity index is 351. The van der Waals surface area contributed by atoms with Crippen LogP contribution in [0.15, 0.2) is 29.2 Å². The number of hydrogen-bond donors (Lipinski definition) is 1. The van der Waals surface area contributed by atoms with E-state index >= 15 is 0 Å². The molecule has 2 N–H and O–H groups in total. The molecule has 0 saturated heterocycles. The lowest BCUT2D eigenvalue weighted by Gasteiger charge is -1.94. The molecule has 2 heterocycles. The van der Waals surface area contributed by atoms with E-state index in [1.54, 1.807) is 23.2 Å². The van der Waals surface area contributed by atoms with E-state index < -0.39 is 0 Å². The van der Waals surface area contributed by atoms with Gasteiger partial charge in [-0.1, -0.05) is 5.16 Å². The van der Waals surface area contributed by atoms with Crippen LogP contribution >= 0.6 is 0 Å². The number of hydrogen-bond acceptors (Lipinski definition) is 4. The fourth-order valence-corrected chi connectivity index (χ4v) is 0.957. The van der Waals surface area contributed by atoms with Crippen LogP contribution in [-0.4, -0.2) is 14.9 Å². The van der Waals surface area contributed by atoms with Gasteiger partial charge in [-0.2, -0.15) is 5.10 Å². The molecule has 0 amide bonds. The van der Waals surface area contributed by atoms with E-state index in [0.717, 1.165) is 5.56 Å². The van der Waals surface area contributed by atoms with Crippen molar-refractivity contribution in [2.75, 3.05) is 5.73 Å². The molecule has 2 aromatic rings. The minimum Gasteiger partial charge on any atom is -0.382 e. The van der Waals surface area contributed by atoms with Gasteiger partial charge in [0.25, 0.3) is 0 Å². The average Bonchev–Trinajstić information content (AvgIpc) is 2.63. The van der Waals surface area contributed by atoms with Crippen LogP contribution in [0.5, 0.6) is 0 Å². The number of anilines is 1. The second kappa shape index (κ2) is 2.69. The molecule has 0 bridgehead atoms. The summed E-state index contributed by atoms with van der Waals surface area (Å²) < 4.78 is 6.40. The molecular formula is C7H8N4O. The maximum Gasteiger partial charge on any atom is 0.145 e. The zero-order valence-electron chi connectivity index (χ0n) is 6.34. The molecule has 0 unspecified atom stereocenters. The molecule has 2 aromatic heterocycles. The van der Waals surface area contributed by atoms with Gasteiger partial charge in [0.15, 0.2) is 0 Å². The van der Waals surface area contributed by atoms with Gasteiger partial charge < -0.3 is 10.3 Å². The number of rotatable bonds is 2. The summed E-state index contributed by atoms with van der Waals surface area (Å²) in [4.78, 5) is 0. The van der Waals surface area contributed by atoms with E-state index in [-0.39, 0.29) is 0 Å². The molecule has 5 heteroatoms. The van der Waals surface area contributed by atoms with Crippen LogP contribution in [0.1, 0.15) is 5.56 Å². The van der Waals surface area contributed by atoms with Crippen LogP contribution in [0.4, 0.5) is 5.82 Å². The molecule has 0 aliphatic heterocycles. The Labute approximate surface area is 68.8 Å². The largest absolute Gasteiger partial charge is 0.382 e. The normalized spacial score (nSPS) is 10.3. The zero-order chi connectivity index (χ0) is 8.39. The van der Waals surface area contributed by atoms with Crippen molar-refractivity contribution in [3.63, 3.8) is 0 Å². The highest BCUT2D eigenvalue weighted by Gasteiger charge is 1.98. The first kappa shape index (κ1) is 6.90. The lowest BCUT2D eigenvalue weighted by Crippen LogP contribution is -1.99. The summed E-state index contributed by atoms with van der Waals surface area (Å²) in [6, 6.07) is 1.74. The van der Waals surface area contributed by atoms with Crippen molar-refractivity contribution < 1.29 is 4.52 Å². The third-order valence-corrected chi connectivity index (χ3v) is 1.49. The molecule has 62 valence electrons. The summed E-state index contributed by atoms with van der Waals surface area (Å²) in [7, 11) is 0. The van der Waals surface area contributed by atoms with E-state index in [0.29, 0.717) is 12.4 Å². The fourth-order valence-electron chi connectivity index (χ4n) is 0.957. The maximum absolute atomic E-state index is 5.44. The Morgan fingerprint density at radius 2 is 2.50 bits per heavy atom. The summed E-state index contributed by atoms with van der Waals surface area (Å²) in [5.41, 5.74) is 6.41. The van der Waals surface area contributed by atoms with E-state index in [2.05, 4.69) is 14.8 Å². The van der Waals surface area contributed by atoms with Gasteiger partial charge in [0.05, 0.1) is 12.7 Å². The van der Waals surface area contributed by atoms with E-state index in [9.17, 15) is 0 Å². The molecule has 0 aliphatic rings. The average molecular weight is 164 g/mol. The predicted octanol–water partition coefficient (Wildman–Crippen LogP) is 0.502.